The van der Waals surface area contributed by atoms with Gasteiger partial charge >= 0.3 is 6.03 Å². The van der Waals surface area contributed by atoms with Crippen LogP contribution in [0.25, 0.3) is 0 Å². The molecule has 170 valence electrons. The highest BCUT2D eigenvalue weighted by Crippen LogP contribution is 2.28. The molecule has 0 saturated carbocycles. The zero-order valence-corrected chi connectivity index (χ0v) is 17.6. The number of carbonyl (C=O) groups is 2. The van der Waals surface area contributed by atoms with Gasteiger partial charge < -0.3 is 25.6 Å². The van der Waals surface area contributed by atoms with Crippen LogP contribution in [0.3, 0.4) is 0 Å². The molecule has 2 aliphatic rings. The van der Waals surface area contributed by atoms with Crippen molar-refractivity contribution in [3.05, 3.63) is 53.6 Å². The van der Waals surface area contributed by atoms with Crippen LogP contribution in [0.15, 0.2) is 36.4 Å². The average molecular weight is 444 g/mol. The Balaban J connectivity index is 1.47. The molecular weight excluding hydrogens is 418 g/mol. The summed E-state index contributed by atoms with van der Waals surface area (Å²) in [7, 11) is 0. The smallest absolute Gasteiger partial charge is 0.323 e. The Labute approximate surface area is 185 Å². The molecule has 32 heavy (non-hydrogen) atoms. The van der Waals surface area contributed by atoms with E-state index in [4.69, 9.17) is 4.74 Å². The first-order valence-electron chi connectivity index (χ1n) is 10.8. The lowest BCUT2D eigenvalue weighted by atomic mass is 10.1. The molecule has 2 aromatic carbocycles. The summed E-state index contributed by atoms with van der Waals surface area (Å²) in [4.78, 5) is 27.5. The van der Waals surface area contributed by atoms with Crippen LogP contribution >= 0.6 is 0 Å². The van der Waals surface area contributed by atoms with Crippen molar-refractivity contribution in [2.24, 2.45) is 0 Å². The highest BCUT2D eigenvalue weighted by Gasteiger charge is 2.22. The van der Waals surface area contributed by atoms with Crippen LogP contribution < -0.4 is 20.9 Å². The lowest BCUT2D eigenvalue weighted by molar-refractivity contribution is 0.0858. The molecule has 1 atom stereocenters. The summed E-state index contributed by atoms with van der Waals surface area (Å²) < 4.78 is 32.0. The molecule has 1 unspecified atom stereocenters. The van der Waals surface area contributed by atoms with Gasteiger partial charge in [0.25, 0.3) is 5.91 Å². The van der Waals surface area contributed by atoms with Gasteiger partial charge in [0.1, 0.15) is 0 Å². The van der Waals surface area contributed by atoms with Crippen molar-refractivity contribution < 1.29 is 23.1 Å². The maximum atomic E-state index is 13.4. The minimum atomic E-state index is -1.05. The number of anilines is 3. The molecule has 3 amide bonds. The van der Waals surface area contributed by atoms with Crippen molar-refractivity contribution >= 4 is 29.0 Å². The summed E-state index contributed by atoms with van der Waals surface area (Å²) >= 11 is 0. The first-order chi connectivity index (χ1) is 15.5. The van der Waals surface area contributed by atoms with Crippen LogP contribution in [0.5, 0.6) is 0 Å². The molecule has 0 aliphatic carbocycles. The topological polar surface area (TPSA) is 82.7 Å². The van der Waals surface area contributed by atoms with E-state index in [-0.39, 0.29) is 17.7 Å². The Hall–Kier alpha value is -3.20. The molecule has 0 aromatic heterocycles. The molecule has 2 saturated heterocycles. The zero-order chi connectivity index (χ0) is 22.5. The second kappa shape index (κ2) is 9.95. The van der Waals surface area contributed by atoms with Crippen molar-refractivity contribution in [1.82, 2.24) is 5.32 Å². The Kier molecular flexibility index (Phi) is 6.84. The minimum absolute atomic E-state index is 0.0253. The fraction of sp³-hybridized carbons (Fsp3) is 0.391. The van der Waals surface area contributed by atoms with Crippen LogP contribution in [0.1, 0.15) is 36.0 Å². The Morgan fingerprint density at radius 2 is 1.69 bits per heavy atom. The van der Waals surface area contributed by atoms with E-state index in [0.717, 1.165) is 56.6 Å². The molecule has 0 bridgehead atoms. The van der Waals surface area contributed by atoms with Crippen molar-refractivity contribution in [3.63, 3.8) is 0 Å². The maximum Gasteiger partial charge on any atom is 0.323 e. The molecule has 4 rings (SSSR count). The van der Waals surface area contributed by atoms with E-state index in [1.807, 2.05) is 6.07 Å². The third kappa shape index (κ3) is 5.34. The molecule has 2 aromatic rings. The van der Waals surface area contributed by atoms with Crippen molar-refractivity contribution in [2.45, 2.75) is 31.8 Å². The first kappa shape index (κ1) is 22.0. The van der Waals surface area contributed by atoms with Crippen LogP contribution in [0, 0.1) is 11.6 Å². The van der Waals surface area contributed by atoms with Gasteiger partial charge in [0, 0.05) is 49.4 Å². The predicted molar refractivity (Wildman–Crippen MR) is 118 cm³/mol. The number of benzene rings is 2. The normalized spacial score (nSPS) is 17.9. The largest absolute Gasteiger partial charge is 0.376 e. The lowest BCUT2D eigenvalue weighted by Gasteiger charge is -2.22. The number of amides is 3. The number of urea groups is 1. The first-order valence-corrected chi connectivity index (χ1v) is 10.8. The van der Waals surface area contributed by atoms with Gasteiger partial charge in [-0.1, -0.05) is 0 Å². The van der Waals surface area contributed by atoms with Gasteiger partial charge in [-0.2, -0.15) is 0 Å². The molecule has 2 aliphatic heterocycles. The highest BCUT2D eigenvalue weighted by atomic mass is 19.2. The second-order valence-corrected chi connectivity index (χ2v) is 7.98. The number of carbonyl (C=O) groups excluding carboxylic acids is 2. The van der Waals surface area contributed by atoms with E-state index in [2.05, 4.69) is 20.9 Å². The van der Waals surface area contributed by atoms with Crippen LogP contribution in [0.4, 0.5) is 30.6 Å². The van der Waals surface area contributed by atoms with E-state index in [9.17, 15) is 18.4 Å². The summed E-state index contributed by atoms with van der Waals surface area (Å²) in [5, 5.41) is 8.04. The molecule has 3 N–H and O–H groups in total. The fourth-order valence-corrected chi connectivity index (χ4v) is 4.00. The van der Waals surface area contributed by atoms with E-state index in [0.29, 0.717) is 24.4 Å². The summed E-state index contributed by atoms with van der Waals surface area (Å²) in [5.74, 6) is -2.28. The molecule has 2 heterocycles. The molecule has 7 nitrogen and oxygen atoms in total. The third-order valence-electron chi connectivity index (χ3n) is 5.64. The zero-order valence-electron chi connectivity index (χ0n) is 17.6. The van der Waals surface area contributed by atoms with Crippen LogP contribution in [0.2, 0.25) is 0 Å². The Morgan fingerprint density at radius 3 is 2.38 bits per heavy atom. The van der Waals surface area contributed by atoms with Gasteiger partial charge in [0.05, 0.1) is 11.7 Å². The van der Waals surface area contributed by atoms with Gasteiger partial charge in [-0.3, -0.25) is 4.79 Å². The van der Waals surface area contributed by atoms with Crippen molar-refractivity contribution in [3.8, 4) is 0 Å². The monoisotopic (exact) mass is 444 g/mol. The summed E-state index contributed by atoms with van der Waals surface area (Å²) in [5.41, 5.74) is 1.81. The van der Waals surface area contributed by atoms with E-state index in [1.165, 1.54) is 6.07 Å². The average Bonchev–Trinajstić information content (AvgIpc) is 3.49. The van der Waals surface area contributed by atoms with Gasteiger partial charge in [-0.25, -0.2) is 13.6 Å². The van der Waals surface area contributed by atoms with E-state index >= 15 is 0 Å². The van der Waals surface area contributed by atoms with E-state index in [1.54, 1.807) is 12.1 Å². The number of nitrogens with zero attached hydrogens (tertiary/aromatic N) is 1. The second-order valence-electron chi connectivity index (χ2n) is 7.98. The van der Waals surface area contributed by atoms with Crippen LogP contribution in [-0.2, 0) is 4.74 Å². The summed E-state index contributed by atoms with van der Waals surface area (Å²) in [6, 6.07) is 7.63. The molecule has 0 radical (unpaired) electrons. The highest BCUT2D eigenvalue weighted by molar-refractivity contribution is 6.04. The van der Waals surface area contributed by atoms with Crippen molar-refractivity contribution in [1.29, 1.82) is 0 Å². The third-order valence-corrected chi connectivity index (χ3v) is 5.64. The molecular formula is C23H26F2N4O3. The molecule has 9 heteroatoms. The number of hydrogen-bond donors (Lipinski definition) is 3. The SMILES string of the molecule is O=C(Nc1ccc(F)c(F)c1)Nc1ccc(N2CCCC2)c(C(=O)NCC2CCCO2)c1. The van der Waals surface area contributed by atoms with Gasteiger partial charge in [-0.15, -0.1) is 0 Å². The number of halogens is 2. The minimum Gasteiger partial charge on any atom is -0.376 e. The predicted octanol–water partition coefficient (Wildman–Crippen LogP) is 4.12. The summed E-state index contributed by atoms with van der Waals surface area (Å²) in [6.07, 6.45) is 4.07. The van der Waals surface area contributed by atoms with E-state index < -0.39 is 17.7 Å². The summed E-state index contributed by atoms with van der Waals surface area (Å²) in [6.45, 7) is 2.89. The maximum absolute atomic E-state index is 13.4. The van der Waals surface area contributed by atoms with Crippen molar-refractivity contribution in [2.75, 3.05) is 41.8 Å². The van der Waals surface area contributed by atoms with Gasteiger partial charge in [-0.05, 0) is 56.0 Å². The number of nitrogens with one attached hydrogen (secondary N) is 3. The Bertz CT molecular complexity index is 989. The Morgan fingerprint density at radius 1 is 0.969 bits per heavy atom. The number of hydrogen-bond acceptors (Lipinski definition) is 4. The van der Waals surface area contributed by atoms with Gasteiger partial charge in [0.15, 0.2) is 11.6 Å². The van der Waals surface area contributed by atoms with Crippen LogP contribution in [-0.4, -0.2) is 44.3 Å². The molecule has 0 spiro atoms. The lowest BCUT2D eigenvalue weighted by Crippen LogP contribution is -2.33. The fourth-order valence-electron chi connectivity index (χ4n) is 4.00. The molecule has 2 fully saturated rings. The number of ether oxygens (including phenoxy) is 1. The number of rotatable bonds is 6. The van der Waals surface area contributed by atoms with Gasteiger partial charge in [0.2, 0.25) is 0 Å². The standard InChI is InChI=1S/C23H26F2N4O3/c24-19-7-5-16(13-20(19)25)28-23(31)27-15-6-8-21(29-9-1-2-10-29)18(12-15)22(30)26-14-17-4-3-11-32-17/h5-8,12-13,17H,1-4,9-11,14H2,(H,26,30)(H2,27,28,31). The quantitative estimate of drug-likeness (QED) is 0.626.